The van der Waals surface area contributed by atoms with Crippen LogP contribution in [0.3, 0.4) is 0 Å². The molecule has 21 heavy (non-hydrogen) atoms. The average molecular weight is 292 g/mol. The van der Waals surface area contributed by atoms with Crippen molar-refractivity contribution in [1.29, 1.82) is 0 Å². The zero-order chi connectivity index (χ0) is 15.7. The minimum Gasteiger partial charge on any atom is -0.481 e. The van der Waals surface area contributed by atoms with E-state index in [1.54, 1.807) is 0 Å². The summed E-state index contributed by atoms with van der Waals surface area (Å²) in [5.74, 6) is -1.17. The lowest BCUT2D eigenvalue weighted by molar-refractivity contribution is -0.141. The number of hydrogen-bond acceptors (Lipinski definition) is 2. The Kier molecular flexibility index (Phi) is 4.40. The Morgan fingerprint density at radius 3 is 2.48 bits per heavy atom. The third kappa shape index (κ3) is 3.12. The minimum absolute atomic E-state index is 0.0271. The highest BCUT2D eigenvalue weighted by atomic mass is 16.4. The maximum absolute atomic E-state index is 12.4. The second-order valence-electron chi connectivity index (χ2n) is 6.27. The number of rotatable bonds is 4. The summed E-state index contributed by atoms with van der Waals surface area (Å²) in [5.41, 5.74) is 2.73. The van der Waals surface area contributed by atoms with Crippen molar-refractivity contribution in [3.63, 3.8) is 0 Å². The first-order chi connectivity index (χ1) is 9.81. The number of aliphatic carboxylic acids is 1. The van der Waals surface area contributed by atoms with Crippen LogP contribution in [-0.4, -0.2) is 27.6 Å². The fraction of sp³-hybridized carbons (Fsp3) is 0.625. The zero-order valence-corrected chi connectivity index (χ0v) is 13.1. The van der Waals surface area contributed by atoms with Gasteiger partial charge in [0.25, 0.3) is 5.91 Å². The lowest BCUT2D eigenvalue weighted by Gasteiger charge is -2.15. The summed E-state index contributed by atoms with van der Waals surface area (Å²) < 4.78 is 2.14. The second-order valence-corrected chi connectivity index (χ2v) is 6.27. The lowest BCUT2D eigenvalue weighted by atomic mass is 10.1. The number of carboxylic acids is 1. The summed E-state index contributed by atoms with van der Waals surface area (Å²) in [4.78, 5) is 23.4. The first-order valence-corrected chi connectivity index (χ1v) is 7.53. The summed E-state index contributed by atoms with van der Waals surface area (Å²) in [6.07, 6.45) is 1.92. The Bertz CT molecular complexity index is 560. The van der Waals surface area contributed by atoms with Gasteiger partial charge in [-0.25, -0.2) is 0 Å². The van der Waals surface area contributed by atoms with Crippen LogP contribution in [0, 0.1) is 19.8 Å². The summed E-state index contributed by atoms with van der Waals surface area (Å²) in [5, 5.41) is 12.0. The molecule has 0 spiro atoms. The maximum atomic E-state index is 12.4. The molecule has 0 aromatic carbocycles. The SMILES string of the molecule is Cc1cc(C(=O)N[C@H]2CC[C@H](C(=O)O)C2)c(C)n1C(C)C. The number of hydrogen-bond donors (Lipinski definition) is 2. The van der Waals surface area contributed by atoms with Crippen LogP contribution in [0.15, 0.2) is 6.07 Å². The quantitative estimate of drug-likeness (QED) is 0.896. The molecule has 5 nitrogen and oxygen atoms in total. The van der Waals surface area contributed by atoms with Crippen LogP contribution >= 0.6 is 0 Å². The van der Waals surface area contributed by atoms with Crippen LogP contribution in [0.25, 0.3) is 0 Å². The van der Waals surface area contributed by atoms with E-state index in [-0.39, 0.29) is 17.9 Å². The first kappa shape index (κ1) is 15.6. The van der Waals surface area contributed by atoms with Crippen molar-refractivity contribution in [2.24, 2.45) is 5.92 Å². The topological polar surface area (TPSA) is 71.3 Å². The maximum Gasteiger partial charge on any atom is 0.306 e. The fourth-order valence-corrected chi connectivity index (χ4v) is 3.40. The molecule has 1 fully saturated rings. The summed E-state index contributed by atoms with van der Waals surface area (Å²) in [7, 11) is 0. The number of carboxylic acid groups (broad SMARTS) is 1. The van der Waals surface area contributed by atoms with Crippen LogP contribution < -0.4 is 5.32 Å². The van der Waals surface area contributed by atoms with E-state index in [2.05, 4.69) is 23.7 Å². The molecule has 1 aliphatic rings. The van der Waals surface area contributed by atoms with Crippen LogP contribution in [0.5, 0.6) is 0 Å². The molecule has 116 valence electrons. The summed E-state index contributed by atoms with van der Waals surface area (Å²) in [6.45, 7) is 8.14. The van der Waals surface area contributed by atoms with E-state index in [1.165, 1.54) is 0 Å². The molecule has 0 bridgehead atoms. The van der Waals surface area contributed by atoms with Gasteiger partial charge in [0.1, 0.15) is 0 Å². The van der Waals surface area contributed by atoms with E-state index < -0.39 is 5.97 Å². The van der Waals surface area contributed by atoms with E-state index in [1.807, 2.05) is 19.9 Å². The minimum atomic E-state index is -0.760. The van der Waals surface area contributed by atoms with Gasteiger partial charge in [0.05, 0.1) is 11.5 Å². The van der Waals surface area contributed by atoms with Crippen LogP contribution in [0.4, 0.5) is 0 Å². The number of aromatic nitrogens is 1. The second kappa shape index (κ2) is 5.92. The highest BCUT2D eigenvalue weighted by Gasteiger charge is 2.31. The van der Waals surface area contributed by atoms with Crippen molar-refractivity contribution in [3.8, 4) is 0 Å². The van der Waals surface area contributed by atoms with Gasteiger partial charge in [0.15, 0.2) is 0 Å². The molecule has 2 atom stereocenters. The highest BCUT2D eigenvalue weighted by Crippen LogP contribution is 2.26. The fourth-order valence-electron chi connectivity index (χ4n) is 3.40. The van der Waals surface area contributed by atoms with Gasteiger partial charge in [-0.2, -0.15) is 0 Å². The molecule has 1 heterocycles. The van der Waals surface area contributed by atoms with Gasteiger partial charge < -0.3 is 15.0 Å². The van der Waals surface area contributed by atoms with Crippen LogP contribution in [0.2, 0.25) is 0 Å². The molecule has 1 aromatic heterocycles. The van der Waals surface area contributed by atoms with Crippen molar-refractivity contribution in [3.05, 3.63) is 23.0 Å². The Hall–Kier alpha value is -1.78. The molecule has 0 saturated heterocycles. The van der Waals surface area contributed by atoms with E-state index in [9.17, 15) is 9.59 Å². The lowest BCUT2D eigenvalue weighted by Crippen LogP contribution is -2.33. The number of nitrogens with one attached hydrogen (secondary N) is 1. The van der Waals surface area contributed by atoms with E-state index in [4.69, 9.17) is 5.11 Å². The Balaban J connectivity index is 2.08. The monoisotopic (exact) mass is 292 g/mol. The molecular formula is C16H24N2O3. The number of carbonyl (C=O) groups excluding carboxylic acids is 1. The van der Waals surface area contributed by atoms with Gasteiger partial charge in [0, 0.05) is 23.5 Å². The molecule has 1 aliphatic carbocycles. The Labute approximate surface area is 125 Å². The molecule has 2 rings (SSSR count). The zero-order valence-electron chi connectivity index (χ0n) is 13.1. The van der Waals surface area contributed by atoms with Crippen LogP contribution in [0.1, 0.15) is 60.9 Å². The predicted octanol–water partition coefficient (Wildman–Crippen LogP) is 2.67. The Morgan fingerprint density at radius 2 is 2.00 bits per heavy atom. The molecule has 0 unspecified atom stereocenters. The highest BCUT2D eigenvalue weighted by molar-refractivity contribution is 5.96. The molecule has 1 aromatic rings. The van der Waals surface area contributed by atoms with Crippen LogP contribution in [-0.2, 0) is 4.79 Å². The van der Waals surface area contributed by atoms with Crippen molar-refractivity contribution >= 4 is 11.9 Å². The van der Waals surface area contributed by atoms with E-state index in [0.717, 1.165) is 17.8 Å². The van der Waals surface area contributed by atoms with Crippen molar-refractivity contribution < 1.29 is 14.7 Å². The van der Waals surface area contributed by atoms with Gasteiger partial charge >= 0.3 is 5.97 Å². The molecule has 1 saturated carbocycles. The summed E-state index contributed by atoms with van der Waals surface area (Å²) in [6, 6.07) is 2.20. The van der Waals surface area contributed by atoms with Gasteiger partial charge in [-0.15, -0.1) is 0 Å². The van der Waals surface area contributed by atoms with Gasteiger partial charge in [0.2, 0.25) is 0 Å². The third-order valence-electron chi connectivity index (χ3n) is 4.36. The number of carbonyl (C=O) groups is 2. The third-order valence-corrected chi connectivity index (χ3v) is 4.36. The van der Waals surface area contributed by atoms with E-state index in [0.29, 0.717) is 24.4 Å². The standard InChI is InChI=1S/C16H24N2O3/c1-9(2)18-10(3)7-14(11(18)4)15(19)17-13-6-5-12(8-13)16(20)21/h7,9,12-13H,5-6,8H2,1-4H3,(H,17,19)(H,20,21)/t12-,13-/m0/s1. The molecule has 0 radical (unpaired) electrons. The molecule has 0 aliphatic heterocycles. The summed E-state index contributed by atoms with van der Waals surface area (Å²) >= 11 is 0. The molecule has 1 amide bonds. The number of nitrogens with zero attached hydrogens (tertiary/aromatic N) is 1. The predicted molar refractivity (Wildman–Crippen MR) is 80.5 cm³/mol. The number of amides is 1. The smallest absolute Gasteiger partial charge is 0.306 e. The Morgan fingerprint density at radius 1 is 1.33 bits per heavy atom. The average Bonchev–Trinajstić information content (AvgIpc) is 2.94. The first-order valence-electron chi connectivity index (χ1n) is 7.53. The van der Waals surface area contributed by atoms with Crippen molar-refractivity contribution in [1.82, 2.24) is 9.88 Å². The number of aryl methyl sites for hydroxylation is 1. The van der Waals surface area contributed by atoms with Crippen molar-refractivity contribution in [2.75, 3.05) is 0 Å². The van der Waals surface area contributed by atoms with Gasteiger partial charge in [-0.05, 0) is 53.0 Å². The largest absolute Gasteiger partial charge is 0.481 e. The molecular weight excluding hydrogens is 268 g/mol. The normalized spacial score (nSPS) is 21.8. The van der Waals surface area contributed by atoms with E-state index >= 15 is 0 Å². The molecule has 5 heteroatoms. The van der Waals surface area contributed by atoms with Gasteiger partial charge in [-0.3, -0.25) is 9.59 Å². The molecule has 2 N–H and O–H groups in total. The van der Waals surface area contributed by atoms with Crippen molar-refractivity contribution in [2.45, 2.75) is 59.0 Å². The van der Waals surface area contributed by atoms with Gasteiger partial charge in [-0.1, -0.05) is 0 Å².